The van der Waals surface area contributed by atoms with Crippen LogP contribution in [0, 0.1) is 0 Å². The lowest BCUT2D eigenvalue weighted by molar-refractivity contribution is -0.143. The number of carboxylic acids is 1. The fourth-order valence-corrected chi connectivity index (χ4v) is 3.03. The number of carbonyl (C=O) groups is 2. The molecule has 1 unspecified atom stereocenters. The second-order valence-electron chi connectivity index (χ2n) is 5.21. The zero-order chi connectivity index (χ0) is 14.9. The van der Waals surface area contributed by atoms with Gasteiger partial charge in [0.2, 0.25) is 0 Å². The molecule has 1 aromatic carbocycles. The molecule has 2 rings (SSSR count). The molecule has 0 aliphatic carbocycles. The number of nitrogens with two attached hydrogens (primary N) is 1. The van der Waals surface area contributed by atoms with Gasteiger partial charge in [-0.1, -0.05) is 15.9 Å². The lowest BCUT2D eigenvalue weighted by atomic mass is 9.87. The molecule has 0 bridgehead atoms. The maximum Gasteiger partial charge on any atom is 0.329 e. The highest BCUT2D eigenvalue weighted by Gasteiger charge is 2.42. The number of rotatable bonds is 3. The van der Waals surface area contributed by atoms with Crippen molar-refractivity contribution in [2.75, 3.05) is 11.4 Å². The van der Waals surface area contributed by atoms with Crippen molar-refractivity contribution < 1.29 is 14.7 Å². The summed E-state index contributed by atoms with van der Waals surface area (Å²) in [6, 6.07) is 5.17. The SMILES string of the molecule is CC1(C(=O)O)CCCCN1c1ccc(Br)cc1C(N)=O. The van der Waals surface area contributed by atoms with E-state index < -0.39 is 17.4 Å². The minimum Gasteiger partial charge on any atom is -0.480 e. The van der Waals surface area contributed by atoms with E-state index in [9.17, 15) is 14.7 Å². The molecule has 0 aromatic heterocycles. The lowest BCUT2D eigenvalue weighted by Gasteiger charge is -2.43. The van der Waals surface area contributed by atoms with Gasteiger partial charge in [0.05, 0.1) is 11.3 Å². The van der Waals surface area contributed by atoms with Crippen molar-refractivity contribution in [3.63, 3.8) is 0 Å². The van der Waals surface area contributed by atoms with E-state index in [2.05, 4.69) is 15.9 Å². The summed E-state index contributed by atoms with van der Waals surface area (Å²) in [5, 5.41) is 9.55. The maximum absolute atomic E-state index is 11.6. The number of nitrogens with zero attached hydrogens (tertiary/aromatic N) is 1. The second-order valence-corrected chi connectivity index (χ2v) is 6.13. The first-order valence-electron chi connectivity index (χ1n) is 6.46. The first kappa shape index (κ1) is 14.8. The van der Waals surface area contributed by atoms with Gasteiger partial charge < -0.3 is 15.7 Å². The third kappa shape index (κ3) is 2.52. The van der Waals surface area contributed by atoms with Crippen LogP contribution in [0.2, 0.25) is 0 Å². The van der Waals surface area contributed by atoms with Gasteiger partial charge >= 0.3 is 5.97 Å². The van der Waals surface area contributed by atoms with Gasteiger partial charge in [0.1, 0.15) is 5.54 Å². The van der Waals surface area contributed by atoms with Crippen molar-refractivity contribution in [2.24, 2.45) is 5.73 Å². The normalized spacial score (nSPS) is 22.6. The number of carboxylic acid groups (broad SMARTS) is 1. The van der Waals surface area contributed by atoms with Crippen LogP contribution in [-0.4, -0.2) is 29.1 Å². The van der Waals surface area contributed by atoms with Gasteiger partial charge in [0.15, 0.2) is 0 Å². The topological polar surface area (TPSA) is 83.6 Å². The molecule has 3 N–H and O–H groups in total. The molecule has 1 amide bonds. The Bertz CT molecular complexity index is 561. The van der Waals surface area contributed by atoms with Crippen molar-refractivity contribution in [2.45, 2.75) is 31.7 Å². The number of hydrogen-bond acceptors (Lipinski definition) is 3. The standard InChI is InChI=1S/C14H17BrN2O3/c1-14(13(19)20)6-2-3-7-17(14)11-5-4-9(15)8-10(11)12(16)18/h4-5,8H,2-3,6-7H2,1H3,(H2,16,18)(H,19,20). The third-order valence-corrected chi connectivity index (χ3v) is 4.36. The highest BCUT2D eigenvalue weighted by molar-refractivity contribution is 9.10. The predicted molar refractivity (Wildman–Crippen MR) is 79.9 cm³/mol. The van der Waals surface area contributed by atoms with Crippen molar-refractivity contribution in [3.8, 4) is 0 Å². The van der Waals surface area contributed by atoms with Crippen LogP contribution in [0.1, 0.15) is 36.5 Å². The fourth-order valence-electron chi connectivity index (χ4n) is 2.67. The zero-order valence-corrected chi connectivity index (χ0v) is 12.8. The molecule has 1 atom stereocenters. The Morgan fingerprint density at radius 3 is 2.70 bits per heavy atom. The van der Waals surface area contributed by atoms with Gasteiger partial charge in [-0.05, 0) is 44.4 Å². The van der Waals surface area contributed by atoms with E-state index in [-0.39, 0.29) is 0 Å². The number of anilines is 1. The van der Waals surface area contributed by atoms with Gasteiger partial charge in [0, 0.05) is 11.0 Å². The highest BCUT2D eigenvalue weighted by atomic mass is 79.9. The van der Waals surface area contributed by atoms with E-state index in [1.165, 1.54) is 0 Å². The molecule has 0 spiro atoms. The molecule has 1 fully saturated rings. The molecule has 1 aromatic rings. The molecule has 1 aliphatic heterocycles. The number of primary amides is 1. The Kier molecular flexibility index (Phi) is 4.04. The summed E-state index contributed by atoms with van der Waals surface area (Å²) in [6.45, 7) is 2.30. The lowest BCUT2D eigenvalue weighted by Crippen LogP contribution is -2.56. The number of aliphatic carboxylic acids is 1. The van der Waals surface area contributed by atoms with Crippen LogP contribution < -0.4 is 10.6 Å². The average Bonchev–Trinajstić information content (AvgIpc) is 2.39. The second kappa shape index (κ2) is 5.44. The molecule has 1 saturated heterocycles. The molecule has 5 nitrogen and oxygen atoms in total. The summed E-state index contributed by atoms with van der Waals surface area (Å²) in [6.07, 6.45) is 2.31. The maximum atomic E-state index is 11.6. The summed E-state index contributed by atoms with van der Waals surface area (Å²) < 4.78 is 0.740. The number of benzene rings is 1. The van der Waals surface area contributed by atoms with Crippen molar-refractivity contribution in [1.82, 2.24) is 0 Å². The Morgan fingerprint density at radius 1 is 1.40 bits per heavy atom. The fraction of sp³-hybridized carbons (Fsp3) is 0.429. The van der Waals surface area contributed by atoms with Gasteiger partial charge in [-0.3, -0.25) is 4.79 Å². The summed E-state index contributed by atoms with van der Waals surface area (Å²) in [7, 11) is 0. The van der Waals surface area contributed by atoms with Gasteiger partial charge in [-0.15, -0.1) is 0 Å². The molecule has 6 heteroatoms. The molecule has 20 heavy (non-hydrogen) atoms. The molecular formula is C14H17BrN2O3. The highest BCUT2D eigenvalue weighted by Crippen LogP contribution is 2.36. The van der Waals surface area contributed by atoms with Crippen LogP contribution in [0.25, 0.3) is 0 Å². The third-order valence-electron chi connectivity index (χ3n) is 3.87. The van der Waals surface area contributed by atoms with Crippen LogP contribution >= 0.6 is 15.9 Å². The Labute approximate surface area is 125 Å². The van der Waals surface area contributed by atoms with Crippen molar-refractivity contribution in [1.29, 1.82) is 0 Å². The average molecular weight is 341 g/mol. The summed E-state index contributed by atoms with van der Waals surface area (Å²) in [5.41, 5.74) is 5.35. The quantitative estimate of drug-likeness (QED) is 0.884. The van der Waals surface area contributed by atoms with Gasteiger partial charge in [0.25, 0.3) is 5.91 Å². The van der Waals surface area contributed by atoms with Crippen LogP contribution in [-0.2, 0) is 4.79 Å². The molecule has 1 heterocycles. The number of halogens is 1. The molecule has 108 valence electrons. The predicted octanol–water partition coefficient (Wildman–Crippen LogP) is 2.38. The van der Waals surface area contributed by atoms with Crippen LogP contribution in [0.5, 0.6) is 0 Å². The first-order chi connectivity index (χ1) is 9.36. The van der Waals surface area contributed by atoms with Crippen LogP contribution in [0.15, 0.2) is 22.7 Å². The monoisotopic (exact) mass is 340 g/mol. The van der Waals surface area contributed by atoms with Crippen LogP contribution in [0.3, 0.4) is 0 Å². The number of amides is 1. The van der Waals surface area contributed by atoms with Crippen molar-refractivity contribution in [3.05, 3.63) is 28.2 Å². The Balaban J connectivity index is 2.53. The number of carbonyl (C=O) groups excluding carboxylic acids is 1. The summed E-state index contributed by atoms with van der Waals surface area (Å²) in [4.78, 5) is 25.0. The molecule has 0 radical (unpaired) electrons. The van der Waals surface area contributed by atoms with E-state index in [1.807, 2.05) is 0 Å². The summed E-state index contributed by atoms with van der Waals surface area (Å²) in [5.74, 6) is -1.44. The van der Waals surface area contributed by atoms with Gasteiger partial charge in [-0.25, -0.2) is 4.79 Å². The number of hydrogen-bond donors (Lipinski definition) is 2. The van der Waals surface area contributed by atoms with Crippen LogP contribution in [0.4, 0.5) is 5.69 Å². The van der Waals surface area contributed by atoms with Crippen molar-refractivity contribution >= 4 is 33.5 Å². The van der Waals surface area contributed by atoms with E-state index in [1.54, 1.807) is 30.0 Å². The van der Waals surface area contributed by atoms with Gasteiger partial charge in [-0.2, -0.15) is 0 Å². The minimum atomic E-state index is -1.00. The first-order valence-corrected chi connectivity index (χ1v) is 7.26. The molecular weight excluding hydrogens is 324 g/mol. The van der Waals surface area contributed by atoms with E-state index in [0.29, 0.717) is 24.2 Å². The largest absolute Gasteiger partial charge is 0.480 e. The Morgan fingerprint density at radius 2 is 2.10 bits per heavy atom. The van der Waals surface area contributed by atoms with E-state index in [4.69, 9.17) is 5.73 Å². The molecule has 0 saturated carbocycles. The van der Waals surface area contributed by atoms with E-state index in [0.717, 1.165) is 17.3 Å². The smallest absolute Gasteiger partial charge is 0.329 e. The molecule has 1 aliphatic rings. The Hall–Kier alpha value is -1.56. The minimum absolute atomic E-state index is 0.341. The number of piperidine rings is 1. The summed E-state index contributed by atoms with van der Waals surface area (Å²) >= 11 is 3.30. The zero-order valence-electron chi connectivity index (χ0n) is 11.2. The van der Waals surface area contributed by atoms with E-state index >= 15 is 0 Å².